The van der Waals surface area contributed by atoms with Crippen molar-refractivity contribution in [1.29, 1.82) is 0 Å². The Kier molecular flexibility index (Phi) is 6.54. The molecule has 0 aliphatic carbocycles. The molecule has 0 aromatic heterocycles. The lowest BCUT2D eigenvalue weighted by molar-refractivity contribution is 0.0852. The van der Waals surface area contributed by atoms with E-state index in [0.717, 1.165) is 24.5 Å². The minimum atomic E-state index is -0.626. The molecule has 1 rings (SSSR count). The molecule has 0 amide bonds. The van der Waals surface area contributed by atoms with Crippen LogP contribution in [0.5, 0.6) is 5.75 Å². The summed E-state index contributed by atoms with van der Waals surface area (Å²) in [6.07, 6.45) is 2.96. The van der Waals surface area contributed by atoms with E-state index in [0.29, 0.717) is 6.54 Å². The van der Waals surface area contributed by atoms with Crippen molar-refractivity contribution >= 4 is 11.8 Å². The molecule has 0 heterocycles. The zero-order chi connectivity index (χ0) is 13.4. The maximum atomic E-state index is 9.98. The van der Waals surface area contributed by atoms with Crippen LogP contribution >= 0.6 is 11.8 Å². The molecule has 1 aromatic rings. The Labute approximate surface area is 114 Å². The number of hydrogen-bond acceptors (Lipinski definition) is 4. The first-order chi connectivity index (χ1) is 8.57. The fourth-order valence-corrected chi connectivity index (χ4v) is 2.47. The number of ether oxygens (including phenoxy) is 1. The normalized spacial score (nSPS) is 14.2. The van der Waals surface area contributed by atoms with Crippen molar-refractivity contribution in [2.45, 2.75) is 18.9 Å². The number of benzene rings is 1. The summed E-state index contributed by atoms with van der Waals surface area (Å²) in [7, 11) is 1.67. The van der Waals surface area contributed by atoms with Gasteiger partial charge in [-0.15, -0.1) is 0 Å². The van der Waals surface area contributed by atoms with E-state index in [1.807, 2.05) is 25.3 Å². The summed E-state index contributed by atoms with van der Waals surface area (Å²) >= 11 is 1.66. The minimum absolute atomic E-state index is 0.626. The van der Waals surface area contributed by atoms with Crippen LogP contribution in [-0.2, 0) is 6.42 Å². The fraction of sp³-hybridized carbons (Fsp3) is 0.571. The van der Waals surface area contributed by atoms with Gasteiger partial charge >= 0.3 is 0 Å². The summed E-state index contributed by atoms with van der Waals surface area (Å²) in [5.74, 6) is 1.64. The van der Waals surface area contributed by atoms with Gasteiger partial charge in [-0.1, -0.05) is 12.1 Å². The Morgan fingerprint density at radius 2 is 2.00 bits per heavy atom. The van der Waals surface area contributed by atoms with E-state index in [2.05, 4.69) is 17.4 Å². The standard InChI is InChI=1S/C14H23NO2S/c1-14(16,11-18-3)10-15-9-8-12-4-6-13(17-2)7-5-12/h4-7,15-16H,8-11H2,1-3H3. The van der Waals surface area contributed by atoms with Crippen molar-refractivity contribution < 1.29 is 9.84 Å². The first-order valence-electron chi connectivity index (χ1n) is 6.12. The van der Waals surface area contributed by atoms with E-state index in [1.165, 1.54) is 5.56 Å². The Morgan fingerprint density at radius 3 is 2.56 bits per heavy atom. The molecular formula is C14H23NO2S. The van der Waals surface area contributed by atoms with Crippen LogP contribution in [0.1, 0.15) is 12.5 Å². The van der Waals surface area contributed by atoms with Gasteiger partial charge in [0.1, 0.15) is 5.75 Å². The largest absolute Gasteiger partial charge is 0.497 e. The molecule has 0 aliphatic heterocycles. The third kappa shape index (κ3) is 5.76. The highest BCUT2D eigenvalue weighted by atomic mass is 32.2. The zero-order valence-corrected chi connectivity index (χ0v) is 12.2. The molecule has 0 aliphatic rings. The number of hydrogen-bond donors (Lipinski definition) is 2. The predicted molar refractivity (Wildman–Crippen MR) is 78.6 cm³/mol. The first-order valence-corrected chi connectivity index (χ1v) is 7.52. The van der Waals surface area contributed by atoms with Crippen LogP contribution < -0.4 is 10.1 Å². The van der Waals surface area contributed by atoms with Gasteiger partial charge < -0.3 is 15.2 Å². The van der Waals surface area contributed by atoms with Gasteiger partial charge in [-0.3, -0.25) is 0 Å². The van der Waals surface area contributed by atoms with E-state index in [1.54, 1.807) is 18.9 Å². The van der Waals surface area contributed by atoms with Gasteiger partial charge in [-0.25, -0.2) is 0 Å². The zero-order valence-electron chi connectivity index (χ0n) is 11.4. The maximum absolute atomic E-state index is 9.98. The van der Waals surface area contributed by atoms with Crippen LogP contribution in [0.2, 0.25) is 0 Å². The Hall–Kier alpha value is -0.710. The lowest BCUT2D eigenvalue weighted by Gasteiger charge is -2.22. The lowest BCUT2D eigenvalue weighted by atomic mass is 10.1. The number of aliphatic hydroxyl groups is 1. The van der Waals surface area contributed by atoms with Crippen molar-refractivity contribution in [3.63, 3.8) is 0 Å². The van der Waals surface area contributed by atoms with E-state index in [-0.39, 0.29) is 0 Å². The third-order valence-corrected chi connectivity index (χ3v) is 3.62. The molecule has 0 spiro atoms. The molecule has 3 nitrogen and oxygen atoms in total. The smallest absolute Gasteiger partial charge is 0.118 e. The molecule has 18 heavy (non-hydrogen) atoms. The van der Waals surface area contributed by atoms with Crippen LogP contribution in [0.15, 0.2) is 24.3 Å². The minimum Gasteiger partial charge on any atom is -0.497 e. The Bertz CT molecular complexity index is 338. The van der Waals surface area contributed by atoms with Crippen molar-refractivity contribution in [2.24, 2.45) is 0 Å². The summed E-state index contributed by atoms with van der Waals surface area (Å²) < 4.78 is 5.12. The number of thioether (sulfide) groups is 1. The fourth-order valence-electron chi connectivity index (χ4n) is 1.74. The molecule has 4 heteroatoms. The van der Waals surface area contributed by atoms with Crippen molar-refractivity contribution in [3.05, 3.63) is 29.8 Å². The quantitative estimate of drug-likeness (QED) is 0.708. The molecule has 1 unspecified atom stereocenters. The lowest BCUT2D eigenvalue weighted by Crippen LogP contribution is -2.40. The average Bonchev–Trinajstić information content (AvgIpc) is 2.35. The topological polar surface area (TPSA) is 41.5 Å². The van der Waals surface area contributed by atoms with Gasteiger partial charge in [0.2, 0.25) is 0 Å². The predicted octanol–water partition coefficient (Wildman–Crippen LogP) is 1.94. The second-order valence-electron chi connectivity index (χ2n) is 4.70. The molecule has 2 N–H and O–H groups in total. The molecule has 102 valence electrons. The molecule has 0 bridgehead atoms. The van der Waals surface area contributed by atoms with E-state index < -0.39 is 5.60 Å². The van der Waals surface area contributed by atoms with Crippen LogP contribution in [0, 0.1) is 0 Å². The van der Waals surface area contributed by atoms with Gasteiger partial charge in [0.25, 0.3) is 0 Å². The highest BCUT2D eigenvalue weighted by Crippen LogP contribution is 2.12. The molecule has 1 atom stereocenters. The number of rotatable bonds is 8. The summed E-state index contributed by atoms with van der Waals surface area (Å²) in [4.78, 5) is 0. The summed E-state index contributed by atoms with van der Waals surface area (Å²) in [5.41, 5.74) is 0.645. The first kappa shape index (κ1) is 15.3. The second kappa shape index (κ2) is 7.67. The number of nitrogens with one attached hydrogen (secondary N) is 1. The van der Waals surface area contributed by atoms with E-state index in [9.17, 15) is 5.11 Å². The molecule has 0 fully saturated rings. The number of methoxy groups -OCH3 is 1. The van der Waals surface area contributed by atoms with Gasteiger partial charge in [0.05, 0.1) is 12.7 Å². The summed E-state index contributed by atoms with van der Waals surface area (Å²) in [6.45, 7) is 3.37. The van der Waals surface area contributed by atoms with Gasteiger partial charge in [0.15, 0.2) is 0 Å². The van der Waals surface area contributed by atoms with E-state index in [4.69, 9.17) is 4.74 Å². The third-order valence-electron chi connectivity index (χ3n) is 2.71. The molecular weight excluding hydrogens is 246 g/mol. The van der Waals surface area contributed by atoms with Crippen LogP contribution in [0.25, 0.3) is 0 Å². The van der Waals surface area contributed by atoms with Gasteiger partial charge in [-0.2, -0.15) is 11.8 Å². The highest BCUT2D eigenvalue weighted by molar-refractivity contribution is 7.98. The monoisotopic (exact) mass is 269 g/mol. The molecule has 0 saturated heterocycles. The SMILES string of the molecule is COc1ccc(CCNCC(C)(O)CSC)cc1. The summed E-state index contributed by atoms with van der Waals surface area (Å²) in [5, 5.41) is 13.3. The molecule has 1 aromatic carbocycles. The average molecular weight is 269 g/mol. The summed E-state index contributed by atoms with van der Waals surface area (Å²) in [6, 6.07) is 8.08. The van der Waals surface area contributed by atoms with Crippen molar-refractivity contribution in [1.82, 2.24) is 5.32 Å². The second-order valence-corrected chi connectivity index (χ2v) is 5.57. The van der Waals surface area contributed by atoms with E-state index >= 15 is 0 Å². The molecule has 0 saturated carbocycles. The van der Waals surface area contributed by atoms with Crippen molar-refractivity contribution in [2.75, 3.05) is 32.2 Å². The van der Waals surface area contributed by atoms with Crippen LogP contribution in [0.3, 0.4) is 0 Å². The van der Waals surface area contributed by atoms with Crippen molar-refractivity contribution in [3.8, 4) is 5.75 Å². The van der Waals surface area contributed by atoms with Gasteiger partial charge in [-0.05, 0) is 43.8 Å². The van der Waals surface area contributed by atoms with Gasteiger partial charge in [0, 0.05) is 12.3 Å². The highest BCUT2D eigenvalue weighted by Gasteiger charge is 2.18. The van der Waals surface area contributed by atoms with Crippen LogP contribution in [-0.4, -0.2) is 42.9 Å². The Balaban J connectivity index is 2.25. The maximum Gasteiger partial charge on any atom is 0.118 e. The Morgan fingerprint density at radius 1 is 1.33 bits per heavy atom. The molecule has 0 radical (unpaired) electrons. The van der Waals surface area contributed by atoms with Crippen LogP contribution in [0.4, 0.5) is 0 Å².